The van der Waals surface area contributed by atoms with Crippen LogP contribution in [0.1, 0.15) is 12.5 Å². The van der Waals surface area contributed by atoms with E-state index in [1.807, 2.05) is 13.1 Å². The summed E-state index contributed by atoms with van der Waals surface area (Å²) >= 11 is 3.45. The zero-order chi connectivity index (χ0) is 9.84. The van der Waals surface area contributed by atoms with Gasteiger partial charge in [-0.15, -0.1) is 0 Å². The van der Waals surface area contributed by atoms with Gasteiger partial charge in [-0.2, -0.15) is 0 Å². The van der Waals surface area contributed by atoms with Crippen molar-refractivity contribution in [2.75, 3.05) is 7.05 Å². The molecule has 72 valence electrons. The van der Waals surface area contributed by atoms with Gasteiger partial charge in [0.1, 0.15) is 5.75 Å². The van der Waals surface area contributed by atoms with E-state index in [0.717, 1.165) is 16.5 Å². The summed E-state index contributed by atoms with van der Waals surface area (Å²) in [5.74, 6) is 0.321. The molecule has 2 N–H and O–H groups in total. The number of phenolic OH excluding ortho intramolecular Hbond substituents is 1. The highest BCUT2D eigenvalue weighted by Gasteiger charge is 2.05. The molecule has 0 saturated heterocycles. The fraction of sp³-hybridized carbons (Fsp3) is 0.400. The highest BCUT2D eigenvalue weighted by Crippen LogP contribution is 2.22. The van der Waals surface area contributed by atoms with Crippen LogP contribution in [0.2, 0.25) is 0 Å². The molecule has 0 spiro atoms. The molecule has 2 nitrogen and oxygen atoms in total. The van der Waals surface area contributed by atoms with Crippen LogP contribution in [0.3, 0.4) is 0 Å². The zero-order valence-electron chi connectivity index (χ0n) is 7.84. The number of phenols is 1. The smallest absolute Gasteiger partial charge is 0.115 e. The number of nitrogens with one attached hydrogen (secondary N) is 1. The number of halogens is 1. The largest absolute Gasteiger partial charge is 0.508 e. The first-order chi connectivity index (χ1) is 6.13. The molecule has 13 heavy (non-hydrogen) atoms. The van der Waals surface area contributed by atoms with Crippen LogP contribution < -0.4 is 5.32 Å². The first-order valence-electron chi connectivity index (χ1n) is 4.28. The van der Waals surface area contributed by atoms with Crippen LogP contribution >= 0.6 is 15.9 Å². The molecule has 0 amide bonds. The average Bonchev–Trinajstić information content (AvgIpc) is 2.11. The van der Waals surface area contributed by atoms with Crippen molar-refractivity contribution in [3.05, 3.63) is 28.2 Å². The molecule has 1 atom stereocenters. The molecule has 0 bridgehead atoms. The lowest BCUT2D eigenvalue weighted by Gasteiger charge is -2.11. The van der Waals surface area contributed by atoms with Crippen molar-refractivity contribution in [3.63, 3.8) is 0 Å². The van der Waals surface area contributed by atoms with E-state index in [1.165, 1.54) is 0 Å². The maximum Gasteiger partial charge on any atom is 0.115 e. The number of benzene rings is 1. The minimum atomic E-state index is 0.321. The molecular formula is C10H14BrNO. The fourth-order valence-corrected chi connectivity index (χ4v) is 1.56. The van der Waals surface area contributed by atoms with E-state index in [4.69, 9.17) is 0 Å². The van der Waals surface area contributed by atoms with Gasteiger partial charge in [0.2, 0.25) is 0 Å². The van der Waals surface area contributed by atoms with Gasteiger partial charge in [-0.1, -0.05) is 15.9 Å². The maximum atomic E-state index is 9.28. The Bertz CT molecular complexity index is 288. The summed E-state index contributed by atoms with van der Waals surface area (Å²) in [5.41, 5.74) is 1.13. The van der Waals surface area contributed by atoms with Gasteiger partial charge in [0.25, 0.3) is 0 Å². The van der Waals surface area contributed by atoms with Crippen molar-refractivity contribution in [1.29, 1.82) is 0 Å². The molecule has 0 aromatic heterocycles. The van der Waals surface area contributed by atoms with Gasteiger partial charge in [-0.3, -0.25) is 0 Å². The number of likely N-dealkylation sites (N-methyl/N-ethyl adjacent to an activating group) is 1. The fourth-order valence-electron chi connectivity index (χ4n) is 1.15. The number of hydrogen-bond acceptors (Lipinski definition) is 2. The number of hydrogen-bond donors (Lipinski definition) is 2. The van der Waals surface area contributed by atoms with Crippen molar-refractivity contribution in [2.24, 2.45) is 0 Å². The predicted octanol–water partition coefficient (Wildman–Crippen LogP) is 2.31. The van der Waals surface area contributed by atoms with Crippen molar-refractivity contribution in [1.82, 2.24) is 5.32 Å². The first kappa shape index (κ1) is 10.5. The summed E-state index contributed by atoms with van der Waals surface area (Å²) < 4.78 is 1.05. The number of rotatable bonds is 3. The van der Waals surface area contributed by atoms with Crippen molar-refractivity contribution in [3.8, 4) is 5.75 Å². The first-order valence-corrected chi connectivity index (χ1v) is 5.07. The van der Waals surface area contributed by atoms with Gasteiger partial charge in [-0.25, -0.2) is 0 Å². The summed E-state index contributed by atoms with van der Waals surface area (Å²) in [4.78, 5) is 0. The van der Waals surface area contributed by atoms with Crippen LogP contribution in [0.4, 0.5) is 0 Å². The minimum absolute atomic E-state index is 0.321. The van der Waals surface area contributed by atoms with Gasteiger partial charge in [0.05, 0.1) is 0 Å². The molecule has 0 aliphatic heterocycles. The van der Waals surface area contributed by atoms with Gasteiger partial charge in [0, 0.05) is 10.5 Å². The SMILES string of the molecule is CNC(C)Cc1cc(O)ccc1Br. The molecule has 0 heterocycles. The Labute approximate surface area is 87.1 Å². The topological polar surface area (TPSA) is 32.3 Å². The van der Waals surface area contributed by atoms with E-state index in [0.29, 0.717) is 11.8 Å². The zero-order valence-corrected chi connectivity index (χ0v) is 9.43. The summed E-state index contributed by atoms with van der Waals surface area (Å²) in [6, 6.07) is 5.75. The molecule has 0 radical (unpaired) electrons. The normalized spacial score (nSPS) is 12.8. The highest BCUT2D eigenvalue weighted by molar-refractivity contribution is 9.10. The van der Waals surface area contributed by atoms with Crippen molar-refractivity contribution < 1.29 is 5.11 Å². The third-order valence-electron chi connectivity index (χ3n) is 2.05. The molecule has 0 aliphatic carbocycles. The molecule has 0 saturated carbocycles. The highest BCUT2D eigenvalue weighted by atomic mass is 79.9. The maximum absolute atomic E-state index is 9.28. The quantitative estimate of drug-likeness (QED) is 0.855. The lowest BCUT2D eigenvalue weighted by molar-refractivity contribution is 0.473. The lowest BCUT2D eigenvalue weighted by atomic mass is 10.1. The third kappa shape index (κ3) is 3.01. The molecule has 1 rings (SSSR count). The summed E-state index contributed by atoms with van der Waals surface area (Å²) in [6.45, 7) is 2.11. The van der Waals surface area contributed by atoms with Gasteiger partial charge in [-0.05, 0) is 44.2 Å². The van der Waals surface area contributed by atoms with Gasteiger partial charge < -0.3 is 10.4 Å². The van der Waals surface area contributed by atoms with Crippen molar-refractivity contribution >= 4 is 15.9 Å². The second-order valence-corrected chi connectivity index (χ2v) is 4.02. The van der Waals surface area contributed by atoms with E-state index < -0.39 is 0 Å². The summed E-state index contributed by atoms with van der Waals surface area (Å²) in [6.07, 6.45) is 0.908. The lowest BCUT2D eigenvalue weighted by Crippen LogP contribution is -2.23. The van der Waals surface area contributed by atoms with Crippen LogP contribution in [0, 0.1) is 0 Å². The van der Waals surface area contributed by atoms with E-state index >= 15 is 0 Å². The van der Waals surface area contributed by atoms with Crippen LogP contribution in [-0.4, -0.2) is 18.2 Å². The molecule has 1 unspecified atom stereocenters. The van der Waals surface area contributed by atoms with E-state index in [9.17, 15) is 5.11 Å². The molecule has 3 heteroatoms. The van der Waals surface area contributed by atoms with Crippen molar-refractivity contribution in [2.45, 2.75) is 19.4 Å². The molecule has 1 aromatic carbocycles. The monoisotopic (exact) mass is 243 g/mol. The standard InChI is InChI=1S/C10H14BrNO/c1-7(12-2)5-8-6-9(13)3-4-10(8)11/h3-4,6-7,12-13H,5H2,1-2H3. The Morgan fingerprint density at radius 2 is 2.23 bits per heavy atom. The Morgan fingerprint density at radius 3 is 2.85 bits per heavy atom. The second-order valence-electron chi connectivity index (χ2n) is 3.17. The Hall–Kier alpha value is -0.540. The van der Waals surface area contributed by atoms with Gasteiger partial charge in [0.15, 0.2) is 0 Å². The van der Waals surface area contributed by atoms with Crippen LogP contribution in [0.25, 0.3) is 0 Å². The predicted molar refractivity (Wildman–Crippen MR) is 58.0 cm³/mol. The Balaban J connectivity index is 2.81. The van der Waals surface area contributed by atoms with Crippen LogP contribution in [0.15, 0.2) is 22.7 Å². The number of aromatic hydroxyl groups is 1. The molecule has 1 aromatic rings. The average molecular weight is 244 g/mol. The molecule has 0 aliphatic rings. The van der Waals surface area contributed by atoms with Crippen LogP contribution in [0.5, 0.6) is 5.75 Å². The Kier molecular flexibility index (Phi) is 3.75. The third-order valence-corrected chi connectivity index (χ3v) is 2.82. The summed E-state index contributed by atoms with van der Waals surface area (Å²) in [7, 11) is 1.93. The Morgan fingerprint density at radius 1 is 1.54 bits per heavy atom. The molecule has 0 fully saturated rings. The van der Waals surface area contributed by atoms with E-state index in [1.54, 1.807) is 12.1 Å². The molecular weight excluding hydrogens is 230 g/mol. The van der Waals surface area contributed by atoms with E-state index in [-0.39, 0.29) is 0 Å². The van der Waals surface area contributed by atoms with Crippen LogP contribution in [-0.2, 0) is 6.42 Å². The van der Waals surface area contributed by atoms with E-state index in [2.05, 4.69) is 28.2 Å². The van der Waals surface area contributed by atoms with Gasteiger partial charge >= 0.3 is 0 Å². The second kappa shape index (κ2) is 4.63. The minimum Gasteiger partial charge on any atom is -0.508 e. The summed E-state index contributed by atoms with van der Waals surface area (Å²) in [5, 5.41) is 12.4.